The Labute approximate surface area is 113 Å². The van der Waals surface area contributed by atoms with Crippen LogP contribution in [0.2, 0.25) is 5.02 Å². The van der Waals surface area contributed by atoms with Crippen LogP contribution in [-0.2, 0) is 0 Å². The van der Waals surface area contributed by atoms with Gasteiger partial charge in [-0.15, -0.1) is 11.8 Å². The number of halogens is 1. The predicted molar refractivity (Wildman–Crippen MR) is 75.7 cm³/mol. The van der Waals surface area contributed by atoms with E-state index in [4.69, 9.17) is 17.3 Å². The highest BCUT2D eigenvalue weighted by atomic mass is 35.5. The van der Waals surface area contributed by atoms with E-state index in [9.17, 15) is 5.11 Å². The Morgan fingerprint density at radius 1 is 1.41 bits per heavy atom. The molecule has 0 aliphatic rings. The molecule has 0 aliphatic carbocycles. The molecule has 0 aromatic heterocycles. The highest BCUT2D eigenvalue weighted by Crippen LogP contribution is 2.28. The van der Waals surface area contributed by atoms with E-state index in [1.54, 1.807) is 11.8 Å². The molecule has 1 atom stereocenters. The maximum atomic E-state index is 9.19. The number of aliphatic hydroxyl groups excluding tert-OH is 1. The van der Waals surface area contributed by atoms with Crippen molar-refractivity contribution in [3.8, 4) is 0 Å². The van der Waals surface area contributed by atoms with Crippen molar-refractivity contribution in [2.24, 2.45) is 5.73 Å². The molecule has 3 N–H and O–H groups in total. The Bertz CT molecular complexity index is 342. The number of rotatable bonds is 7. The first-order valence-corrected chi connectivity index (χ1v) is 7.25. The molecule has 0 bridgehead atoms. The van der Waals surface area contributed by atoms with Crippen molar-refractivity contribution in [3.63, 3.8) is 0 Å². The number of thioether (sulfide) groups is 1. The molecule has 0 spiro atoms. The van der Waals surface area contributed by atoms with Crippen LogP contribution in [0.1, 0.15) is 26.2 Å². The van der Waals surface area contributed by atoms with Crippen LogP contribution in [-0.4, -0.2) is 23.0 Å². The van der Waals surface area contributed by atoms with E-state index in [2.05, 4.69) is 0 Å². The maximum absolute atomic E-state index is 9.19. The summed E-state index contributed by atoms with van der Waals surface area (Å²) in [6.45, 7) is 2.07. The summed E-state index contributed by atoms with van der Waals surface area (Å²) in [5.74, 6) is 0.975. The van der Waals surface area contributed by atoms with Gasteiger partial charge < -0.3 is 10.8 Å². The van der Waals surface area contributed by atoms with Gasteiger partial charge in [0, 0.05) is 10.4 Å². The van der Waals surface area contributed by atoms with Gasteiger partial charge in [-0.2, -0.15) is 0 Å². The lowest BCUT2D eigenvalue weighted by atomic mass is 9.93. The fourth-order valence-electron chi connectivity index (χ4n) is 1.54. The lowest BCUT2D eigenvalue weighted by Crippen LogP contribution is -2.42. The van der Waals surface area contributed by atoms with Gasteiger partial charge in [0.15, 0.2) is 0 Å². The number of hydrogen-bond donors (Lipinski definition) is 2. The normalized spacial score (nSPS) is 14.6. The van der Waals surface area contributed by atoms with Crippen LogP contribution < -0.4 is 5.73 Å². The van der Waals surface area contributed by atoms with Gasteiger partial charge in [-0.3, -0.25) is 0 Å². The molecule has 4 heteroatoms. The Morgan fingerprint density at radius 3 is 2.71 bits per heavy atom. The minimum absolute atomic E-state index is 0.0558. The second-order valence-electron chi connectivity index (χ2n) is 4.26. The first-order valence-electron chi connectivity index (χ1n) is 5.88. The lowest BCUT2D eigenvalue weighted by Gasteiger charge is -2.25. The summed E-state index contributed by atoms with van der Waals surface area (Å²) in [5, 5.41) is 9.99. The van der Waals surface area contributed by atoms with Crippen LogP contribution in [0.3, 0.4) is 0 Å². The molecule has 1 unspecified atom stereocenters. The van der Waals surface area contributed by atoms with Crippen molar-refractivity contribution in [1.29, 1.82) is 0 Å². The van der Waals surface area contributed by atoms with Gasteiger partial charge in [0.1, 0.15) is 0 Å². The van der Waals surface area contributed by atoms with E-state index in [1.165, 1.54) is 0 Å². The predicted octanol–water partition coefficient (Wildman–Crippen LogP) is 3.31. The zero-order chi connectivity index (χ0) is 12.7. The van der Waals surface area contributed by atoms with E-state index in [0.717, 1.165) is 34.9 Å². The summed E-state index contributed by atoms with van der Waals surface area (Å²) in [4.78, 5) is 1.11. The average molecular weight is 274 g/mol. The van der Waals surface area contributed by atoms with Crippen molar-refractivity contribution < 1.29 is 5.11 Å². The van der Waals surface area contributed by atoms with Gasteiger partial charge >= 0.3 is 0 Å². The zero-order valence-corrected chi connectivity index (χ0v) is 11.7. The van der Waals surface area contributed by atoms with Crippen molar-refractivity contribution in [3.05, 3.63) is 29.3 Å². The van der Waals surface area contributed by atoms with Crippen molar-refractivity contribution in [2.75, 3.05) is 12.4 Å². The van der Waals surface area contributed by atoms with Crippen LogP contribution in [0.25, 0.3) is 0 Å². The summed E-state index contributed by atoms with van der Waals surface area (Å²) in [5.41, 5.74) is 5.60. The second kappa shape index (κ2) is 7.27. The molecular formula is C13H20ClNOS. The minimum Gasteiger partial charge on any atom is -0.394 e. The fourth-order valence-corrected chi connectivity index (χ4v) is 2.72. The smallest absolute Gasteiger partial charge is 0.0611 e. The molecule has 0 fully saturated rings. The van der Waals surface area contributed by atoms with Gasteiger partial charge in [-0.05, 0) is 37.1 Å². The molecule has 0 heterocycles. The van der Waals surface area contributed by atoms with Crippen LogP contribution >= 0.6 is 23.4 Å². The maximum Gasteiger partial charge on any atom is 0.0611 e. The summed E-state index contributed by atoms with van der Waals surface area (Å²) >= 11 is 7.80. The highest BCUT2D eigenvalue weighted by Gasteiger charge is 2.20. The summed E-state index contributed by atoms with van der Waals surface area (Å²) < 4.78 is 0. The van der Waals surface area contributed by atoms with E-state index in [1.807, 2.05) is 31.2 Å². The Morgan fingerprint density at radius 2 is 2.12 bits per heavy atom. The number of benzene rings is 1. The third kappa shape index (κ3) is 4.88. The standard InChI is InChI=1S/C13H20ClNOS/c1-2-13(15,10-16)8-5-9-17-12-7-4-3-6-11(12)14/h3-4,6-7,16H,2,5,8-10,15H2,1H3. The quantitative estimate of drug-likeness (QED) is 0.592. The summed E-state index contributed by atoms with van der Waals surface area (Å²) in [6.07, 6.45) is 2.64. The fraction of sp³-hybridized carbons (Fsp3) is 0.538. The molecule has 2 nitrogen and oxygen atoms in total. The molecule has 0 saturated heterocycles. The molecule has 0 radical (unpaired) electrons. The van der Waals surface area contributed by atoms with Crippen molar-refractivity contribution >= 4 is 23.4 Å². The average Bonchev–Trinajstić information content (AvgIpc) is 2.36. The Balaban J connectivity index is 2.32. The first kappa shape index (κ1) is 14.8. The second-order valence-corrected chi connectivity index (χ2v) is 5.80. The van der Waals surface area contributed by atoms with Gasteiger partial charge in [0.25, 0.3) is 0 Å². The molecule has 17 heavy (non-hydrogen) atoms. The van der Waals surface area contributed by atoms with Crippen LogP contribution in [0.15, 0.2) is 29.2 Å². The monoisotopic (exact) mass is 273 g/mol. The van der Waals surface area contributed by atoms with Gasteiger partial charge in [-0.1, -0.05) is 30.7 Å². The van der Waals surface area contributed by atoms with Crippen LogP contribution in [0.4, 0.5) is 0 Å². The minimum atomic E-state index is -0.416. The third-order valence-corrected chi connectivity index (χ3v) is 4.53. The molecule has 0 saturated carbocycles. The SMILES string of the molecule is CCC(N)(CO)CCCSc1ccccc1Cl. The molecule has 96 valence electrons. The van der Waals surface area contributed by atoms with E-state index >= 15 is 0 Å². The molecule has 1 rings (SSSR count). The summed E-state index contributed by atoms with van der Waals surface area (Å²) in [7, 11) is 0. The topological polar surface area (TPSA) is 46.2 Å². The van der Waals surface area contributed by atoms with Gasteiger partial charge in [0.2, 0.25) is 0 Å². The molecule has 0 aliphatic heterocycles. The number of aliphatic hydroxyl groups is 1. The van der Waals surface area contributed by atoms with Gasteiger partial charge in [-0.25, -0.2) is 0 Å². The molecule has 1 aromatic rings. The van der Waals surface area contributed by atoms with E-state index < -0.39 is 5.54 Å². The van der Waals surface area contributed by atoms with Crippen LogP contribution in [0, 0.1) is 0 Å². The van der Waals surface area contributed by atoms with Crippen molar-refractivity contribution in [2.45, 2.75) is 36.6 Å². The van der Waals surface area contributed by atoms with Gasteiger partial charge in [0.05, 0.1) is 11.6 Å². The summed E-state index contributed by atoms with van der Waals surface area (Å²) in [6, 6.07) is 7.84. The van der Waals surface area contributed by atoms with E-state index in [-0.39, 0.29) is 6.61 Å². The largest absolute Gasteiger partial charge is 0.394 e. The first-order chi connectivity index (χ1) is 8.11. The Kier molecular flexibility index (Phi) is 6.34. The highest BCUT2D eigenvalue weighted by molar-refractivity contribution is 7.99. The van der Waals surface area contributed by atoms with Crippen molar-refractivity contribution in [1.82, 2.24) is 0 Å². The van der Waals surface area contributed by atoms with Crippen LogP contribution in [0.5, 0.6) is 0 Å². The Hall–Kier alpha value is -0.220. The van der Waals surface area contributed by atoms with E-state index in [0.29, 0.717) is 0 Å². The zero-order valence-electron chi connectivity index (χ0n) is 10.2. The number of hydrogen-bond acceptors (Lipinski definition) is 3. The molecular weight excluding hydrogens is 254 g/mol. The molecule has 0 amide bonds. The lowest BCUT2D eigenvalue weighted by molar-refractivity contribution is 0.182. The molecule has 1 aromatic carbocycles. The number of nitrogens with two attached hydrogens (primary N) is 1. The third-order valence-electron chi connectivity index (χ3n) is 2.93.